The lowest BCUT2D eigenvalue weighted by molar-refractivity contribution is 0.0604. The van der Waals surface area contributed by atoms with Gasteiger partial charge < -0.3 is 15.0 Å². The van der Waals surface area contributed by atoms with Gasteiger partial charge in [-0.05, 0) is 51.0 Å². The third-order valence-electron chi connectivity index (χ3n) is 4.82. The molecule has 0 radical (unpaired) electrons. The van der Waals surface area contributed by atoms with Crippen LogP contribution in [-0.2, 0) is 5.54 Å². The number of anilines is 1. The van der Waals surface area contributed by atoms with Gasteiger partial charge in [0, 0.05) is 30.9 Å². The zero-order chi connectivity index (χ0) is 18.0. The summed E-state index contributed by atoms with van der Waals surface area (Å²) in [7, 11) is 3.45. The average molecular weight is 340 g/mol. The lowest BCUT2D eigenvalue weighted by Crippen LogP contribution is -2.44. The maximum absolute atomic E-state index is 13.1. The third-order valence-corrected chi connectivity index (χ3v) is 4.82. The molecule has 6 heteroatoms. The van der Waals surface area contributed by atoms with Crippen molar-refractivity contribution in [3.05, 3.63) is 47.4 Å². The lowest BCUT2D eigenvalue weighted by Gasteiger charge is -2.34. The molecule has 1 saturated heterocycles. The number of aromatic nitrogens is 2. The van der Waals surface area contributed by atoms with Crippen LogP contribution in [0.2, 0.25) is 0 Å². The number of carbonyl (C=O) groups excluding carboxylic acids is 1. The summed E-state index contributed by atoms with van der Waals surface area (Å²) in [6.07, 6.45) is 1.78. The van der Waals surface area contributed by atoms with Gasteiger partial charge in [-0.25, -0.2) is 9.97 Å². The second kappa shape index (κ2) is 6.70. The van der Waals surface area contributed by atoms with E-state index >= 15 is 0 Å². The molecule has 0 saturated carbocycles. The maximum Gasteiger partial charge on any atom is 0.254 e. The van der Waals surface area contributed by atoms with E-state index in [0.717, 1.165) is 30.1 Å². The molecule has 1 atom stereocenters. The second-order valence-corrected chi connectivity index (χ2v) is 6.53. The maximum atomic E-state index is 13.1. The Morgan fingerprint density at radius 3 is 2.64 bits per heavy atom. The van der Waals surface area contributed by atoms with Crippen LogP contribution in [0.25, 0.3) is 0 Å². The molecule has 6 nitrogen and oxygen atoms in total. The third kappa shape index (κ3) is 3.16. The molecule has 1 unspecified atom stereocenters. The molecule has 3 rings (SSSR count). The Kier molecular flexibility index (Phi) is 4.61. The van der Waals surface area contributed by atoms with Crippen molar-refractivity contribution in [2.75, 3.05) is 26.0 Å². The number of hydrogen-bond donors (Lipinski definition) is 1. The number of hydrogen-bond acceptors (Lipinski definition) is 5. The molecule has 132 valence electrons. The van der Waals surface area contributed by atoms with Gasteiger partial charge in [-0.2, -0.15) is 0 Å². The highest BCUT2D eigenvalue weighted by Gasteiger charge is 2.43. The van der Waals surface area contributed by atoms with Crippen molar-refractivity contribution in [1.82, 2.24) is 14.9 Å². The number of likely N-dealkylation sites (tertiary alicyclic amines) is 1. The molecule has 2 aromatic rings. The minimum Gasteiger partial charge on any atom is -0.497 e. The number of nitrogens with one attached hydrogen (secondary N) is 1. The molecule has 25 heavy (non-hydrogen) atoms. The van der Waals surface area contributed by atoms with Crippen LogP contribution in [0.15, 0.2) is 30.3 Å². The Labute approximate surface area is 148 Å². The van der Waals surface area contributed by atoms with Gasteiger partial charge in [-0.15, -0.1) is 0 Å². The SMILES string of the molecule is CNc1cc(C)nc(C2(C)CCCN2C(=O)c2ccc(OC)cc2)n1. The molecule has 0 aliphatic carbocycles. The van der Waals surface area contributed by atoms with Crippen molar-refractivity contribution in [3.8, 4) is 5.75 Å². The first-order chi connectivity index (χ1) is 12.0. The lowest BCUT2D eigenvalue weighted by atomic mass is 9.96. The highest BCUT2D eigenvalue weighted by molar-refractivity contribution is 5.95. The minimum absolute atomic E-state index is 0.00114. The van der Waals surface area contributed by atoms with Crippen LogP contribution in [0.3, 0.4) is 0 Å². The van der Waals surface area contributed by atoms with Gasteiger partial charge in [0.1, 0.15) is 17.1 Å². The van der Waals surface area contributed by atoms with Gasteiger partial charge in [0.2, 0.25) is 0 Å². The first-order valence-electron chi connectivity index (χ1n) is 8.48. The summed E-state index contributed by atoms with van der Waals surface area (Å²) in [5.74, 6) is 2.20. The fraction of sp³-hybridized carbons (Fsp3) is 0.421. The average Bonchev–Trinajstić information content (AvgIpc) is 3.03. The fourth-order valence-corrected chi connectivity index (χ4v) is 3.35. The Balaban J connectivity index is 1.95. The number of carbonyl (C=O) groups is 1. The zero-order valence-electron chi connectivity index (χ0n) is 15.2. The molecule has 2 heterocycles. The monoisotopic (exact) mass is 340 g/mol. The van der Waals surface area contributed by atoms with Gasteiger partial charge in [-0.3, -0.25) is 4.79 Å². The summed E-state index contributed by atoms with van der Waals surface area (Å²) in [5.41, 5.74) is 1.03. The molecule has 1 aromatic heterocycles. The Bertz CT molecular complexity index is 775. The molecule has 1 amide bonds. The van der Waals surface area contributed by atoms with E-state index < -0.39 is 5.54 Å². The summed E-state index contributed by atoms with van der Waals surface area (Å²) in [4.78, 5) is 24.2. The molecular formula is C19H24N4O2. The number of aryl methyl sites for hydroxylation is 1. The van der Waals surface area contributed by atoms with E-state index in [1.807, 2.05) is 37.1 Å². The van der Waals surface area contributed by atoms with Crippen LogP contribution in [0.4, 0.5) is 5.82 Å². The number of nitrogens with zero attached hydrogens (tertiary/aromatic N) is 3. The Hall–Kier alpha value is -2.63. The van der Waals surface area contributed by atoms with Crippen molar-refractivity contribution in [3.63, 3.8) is 0 Å². The number of ether oxygens (including phenoxy) is 1. The van der Waals surface area contributed by atoms with Crippen LogP contribution in [0, 0.1) is 6.92 Å². The first kappa shape index (κ1) is 17.2. The molecule has 1 N–H and O–H groups in total. The van der Waals surface area contributed by atoms with E-state index in [4.69, 9.17) is 4.74 Å². The second-order valence-electron chi connectivity index (χ2n) is 6.53. The number of amides is 1. The van der Waals surface area contributed by atoms with E-state index in [1.165, 1.54) is 0 Å². The van der Waals surface area contributed by atoms with Crippen molar-refractivity contribution < 1.29 is 9.53 Å². The molecule has 0 spiro atoms. The molecule has 1 aliphatic rings. The number of rotatable bonds is 4. The summed E-state index contributed by atoms with van der Waals surface area (Å²) in [5, 5.41) is 3.07. The smallest absolute Gasteiger partial charge is 0.254 e. The van der Waals surface area contributed by atoms with Crippen molar-refractivity contribution in [2.45, 2.75) is 32.2 Å². The van der Waals surface area contributed by atoms with Gasteiger partial charge in [0.25, 0.3) is 5.91 Å². The molecule has 1 aliphatic heterocycles. The largest absolute Gasteiger partial charge is 0.497 e. The Morgan fingerprint density at radius 2 is 2.00 bits per heavy atom. The predicted octanol–water partition coefficient (Wildman–Crippen LogP) is 2.99. The van der Waals surface area contributed by atoms with Crippen molar-refractivity contribution >= 4 is 11.7 Å². The van der Waals surface area contributed by atoms with Crippen molar-refractivity contribution in [2.24, 2.45) is 0 Å². The predicted molar refractivity (Wildman–Crippen MR) is 96.9 cm³/mol. The van der Waals surface area contributed by atoms with Crippen LogP contribution in [0.1, 0.15) is 41.6 Å². The zero-order valence-corrected chi connectivity index (χ0v) is 15.2. The van der Waals surface area contributed by atoms with E-state index in [9.17, 15) is 4.79 Å². The molecule has 1 fully saturated rings. The van der Waals surface area contributed by atoms with Gasteiger partial charge in [0.15, 0.2) is 5.82 Å². The van der Waals surface area contributed by atoms with Gasteiger partial charge in [-0.1, -0.05) is 0 Å². The quantitative estimate of drug-likeness (QED) is 0.927. The summed E-state index contributed by atoms with van der Waals surface area (Å²) < 4.78 is 5.17. The van der Waals surface area contributed by atoms with E-state index in [0.29, 0.717) is 17.9 Å². The minimum atomic E-state index is -0.505. The fourth-order valence-electron chi connectivity index (χ4n) is 3.35. The molecular weight excluding hydrogens is 316 g/mol. The standard InChI is InChI=1S/C19H24N4O2/c1-13-12-16(20-3)22-18(21-13)19(2)10-5-11-23(19)17(24)14-6-8-15(25-4)9-7-14/h6-9,12H,5,10-11H2,1-4H3,(H,20,21,22). The highest BCUT2D eigenvalue weighted by Crippen LogP contribution is 2.38. The van der Waals surface area contributed by atoms with Gasteiger partial charge >= 0.3 is 0 Å². The highest BCUT2D eigenvalue weighted by atomic mass is 16.5. The Morgan fingerprint density at radius 1 is 1.28 bits per heavy atom. The molecule has 1 aromatic carbocycles. The number of methoxy groups -OCH3 is 1. The summed E-state index contributed by atoms with van der Waals surface area (Å²) in [6.45, 7) is 4.70. The summed E-state index contributed by atoms with van der Waals surface area (Å²) in [6, 6.07) is 9.12. The normalized spacial score (nSPS) is 19.8. The molecule has 0 bridgehead atoms. The van der Waals surface area contributed by atoms with E-state index in [1.54, 1.807) is 19.2 Å². The van der Waals surface area contributed by atoms with Crippen LogP contribution in [0.5, 0.6) is 5.75 Å². The van der Waals surface area contributed by atoms with Crippen LogP contribution >= 0.6 is 0 Å². The topological polar surface area (TPSA) is 67.4 Å². The summed E-state index contributed by atoms with van der Waals surface area (Å²) >= 11 is 0. The van der Waals surface area contributed by atoms with E-state index in [-0.39, 0.29) is 5.91 Å². The van der Waals surface area contributed by atoms with E-state index in [2.05, 4.69) is 22.2 Å². The first-order valence-corrected chi connectivity index (χ1v) is 8.48. The van der Waals surface area contributed by atoms with Crippen LogP contribution < -0.4 is 10.1 Å². The van der Waals surface area contributed by atoms with Crippen molar-refractivity contribution in [1.29, 1.82) is 0 Å². The van der Waals surface area contributed by atoms with Crippen LogP contribution in [-0.4, -0.2) is 41.5 Å². The number of benzene rings is 1. The van der Waals surface area contributed by atoms with Gasteiger partial charge in [0.05, 0.1) is 7.11 Å².